The van der Waals surface area contributed by atoms with Crippen LogP contribution >= 0.6 is 11.3 Å². The van der Waals surface area contributed by atoms with Crippen LogP contribution < -0.4 is 24.5 Å². The molecule has 10 heteroatoms. The molecule has 0 aliphatic carbocycles. The fraction of sp³-hybridized carbons (Fsp3) is 0.370. The number of benzene rings is 1. The maximum atomic E-state index is 13.7. The summed E-state index contributed by atoms with van der Waals surface area (Å²) in [5.41, 5.74) is 1.39. The number of ether oxygens (including phenoxy) is 3. The highest BCUT2D eigenvalue weighted by Gasteiger charge is 2.33. The fourth-order valence-corrected chi connectivity index (χ4v) is 5.55. The van der Waals surface area contributed by atoms with Crippen molar-refractivity contribution in [3.8, 4) is 5.75 Å². The van der Waals surface area contributed by atoms with Crippen LogP contribution in [0, 0.1) is 0 Å². The lowest BCUT2D eigenvalue weighted by molar-refractivity contribution is -0.139. The molecule has 1 fully saturated rings. The third-order valence-corrected chi connectivity index (χ3v) is 7.22. The smallest absolute Gasteiger partial charge is 0.338 e. The number of rotatable bonds is 7. The van der Waals surface area contributed by atoms with Gasteiger partial charge in [-0.05, 0) is 44.5 Å². The molecule has 0 bridgehead atoms. The number of hydrogen-bond donors (Lipinski definition) is 0. The zero-order chi connectivity index (χ0) is 25.9. The van der Waals surface area contributed by atoms with Crippen LogP contribution in [0.1, 0.15) is 38.1 Å². The summed E-state index contributed by atoms with van der Waals surface area (Å²) < 4.78 is 24.4. The minimum absolute atomic E-state index is 0.222. The minimum atomic E-state index is -0.673. The number of fused-ring (bicyclic) bond motifs is 1. The molecule has 1 aromatic carbocycles. The summed E-state index contributed by atoms with van der Waals surface area (Å²) in [5, 5.41) is 0. The number of furan rings is 1. The van der Waals surface area contributed by atoms with E-state index in [1.54, 1.807) is 24.5 Å². The number of anilines is 1. The van der Waals surface area contributed by atoms with Crippen molar-refractivity contribution in [2.45, 2.75) is 26.8 Å². The molecule has 2 aromatic heterocycles. The minimum Gasteiger partial charge on any atom is -0.494 e. The Balaban J connectivity index is 1.59. The average molecular weight is 524 g/mol. The second kappa shape index (κ2) is 10.8. The van der Waals surface area contributed by atoms with Crippen LogP contribution in [0.25, 0.3) is 6.08 Å². The van der Waals surface area contributed by atoms with Crippen LogP contribution in [0.3, 0.4) is 0 Å². The number of nitrogens with zero attached hydrogens (tertiary/aromatic N) is 3. The number of esters is 1. The van der Waals surface area contributed by atoms with Gasteiger partial charge in [-0.1, -0.05) is 23.5 Å². The summed E-state index contributed by atoms with van der Waals surface area (Å²) in [6.07, 6.45) is 1.73. The predicted octanol–water partition coefficient (Wildman–Crippen LogP) is 2.63. The SMILES string of the molecule is CCOC(=O)C1=C(C)N=c2s/c(=C/c3ccc(N4CCOCC4)o3)c(=O)n2[C@@H]1c1ccc(OCC)cc1. The van der Waals surface area contributed by atoms with E-state index in [9.17, 15) is 9.59 Å². The van der Waals surface area contributed by atoms with Gasteiger partial charge in [-0.2, -0.15) is 0 Å². The zero-order valence-corrected chi connectivity index (χ0v) is 21.9. The lowest BCUT2D eigenvalue weighted by Gasteiger charge is -2.26. The molecule has 0 N–H and O–H groups in total. The maximum absolute atomic E-state index is 13.7. The van der Waals surface area contributed by atoms with Crippen LogP contribution in [0.2, 0.25) is 0 Å². The van der Waals surface area contributed by atoms with Gasteiger partial charge in [-0.3, -0.25) is 9.36 Å². The van der Waals surface area contributed by atoms with E-state index in [1.165, 1.54) is 11.3 Å². The van der Waals surface area contributed by atoms with Gasteiger partial charge >= 0.3 is 5.97 Å². The lowest BCUT2D eigenvalue weighted by atomic mass is 9.96. The Hall–Kier alpha value is -3.63. The first kappa shape index (κ1) is 25.0. The van der Waals surface area contributed by atoms with E-state index in [4.69, 9.17) is 18.6 Å². The van der Waals surface area contributed by atoms with Crippen LogP contribution in [0.15, 0.2) is 61.9 Å². The van der Waals surface area contributed by atoms with Gasteiger partial charge in [0.1, 0.15) is 11.5 Å². The van der Waals surface area contributed by atoms with Crippen molar-refractivity contribution in [2.24, 2.45) is 4.99 Å². The molecular weight excluding hydrogens is 494 g/mol. The first-order chi connectivity index (χ1) is 18.0. The standard InChI is InChI=1S/C27H29N3O6S/c1-4-34-19-8-6-18(7-9-19)24-23(26(32)35-5-2)17(3)28-27-30(24)25(31)21(37-27)16-20-10-11-22(36-20)29-12-14-33-15-13-29/h6-11,16,24H,4-5,12-15H2,1-3H3/b21-16+/t24-/m1/s1. The van der Waals surface area contributed by atoms with Crippen molar-refractivity contribution in [1.29, 1.82) is 0 Å². The summed E-state index contributed by atoms with van der Waals surface area (Å²) in [5.74, 6) is 1.55. The molecule has 0 spiro atoms. The van der Waals surface area contributed by atoms with E-state index in [2.05, 4.69) is 9.89 Å². The molecule has 2 aliphatic heterocycles. The van der Waals surface area contributed by atoms with Gasteiger partial charge in [0.2, 0.25) is 0 Å². The highest BCUT2D eigenvalue weighted by atomic mass is 32.1. The Bertz CT molecular complexity index is 1490. The van der Waals surface area contributed by atoms with Crippen molar-refractivity contribution in [2.75, 3.05) is 44.4 Å². The molecule has 0 unspecified atom stereocenters. The van der Waals surface area contributed by atoms with Gasteiger partial charge in [-0.15, -0.1) is 0 Å². The summed E-state index contributed by atoms with van der Waals surface area (Å²) >= 11 is 1.27. The van der Waals surface area contributed by atoms with Crippen molar-refractivity contribution in [3.63, 3.8) is 0 Å². The molecule has 0 radical (unpaired) electrons. The molecule has 1 saturated heterocycles. The summed E-state index contributed by atoms with van der Waals surface area (Å²) in [7, 11) is 0. The maximum Gasteiger partial charge on any atom is 0.338 e. The molecule has 5 rings (SSSR count). The predicted molar refractivity (Wildman–Crippen MR) is 140 cm³/mol. The van der Waals surface area contributed by atoms with E-state index in [1.807, 2.05) is 43.3 Å². The Morgan fingerprint density at radius 3 is 2.59 bits per heavy atom. The molecule has 4 heterocycles. The molecule has 0 saturated carbocycles. The molecule has 37 heavy (non-hydrogen) atoms. The fourth-order valence-electron chi connectivity index (χ4n) is 4.52. The molecule has 9 nitrogen and oxygen atoms in total. The number of aromatic nitrogens is 1. The van der Waals surface area contributed by atoms with Gasteiger partial charge in [0.25, 0.3) is 5.56 Å². The second-order valence-corrected chi connectivity index (χ2v) is 9.59. The number of carbonyl (C=O) groups excluding carboxylic acids is 1. The normalized spacial score (nSPS) is 18.0. The molecule has 0 amide bonds. The number of morpholine rings is 1. The van der Waals surface area contributed by atoms with Gasteiger partial charge in [0.15, 0.2) is 10.7 Å². The number of allylic oxidation sites excluding steroid dienone is 1. The molecule has 2 aliphatic rings. The third kappa shape index (κ3) is 4.99. The summed E-state index contributed by atoms with van der Waals surface area (Å²) in [4.78, 5) is 34.0. The first-order valence-corrected chi connectivity index (χ1v) is 13.2. The Kier molecular flexibility index (Phi) is 7.29. The zero-order valence-electron chi connectivity index (χ0n) is 21.1. The largest absolute Gasteiger partial charge is 0.494 e. The Morgan fingerprint density at radius 2 is 1.89 bits per heavy atom. The first-order valence-electron chi connectivity index (χ1n) is 12.3. The van der Waals surface area contributed by atoms with Crippen LogP contribution in [0.4, 0.5) is 5.88 Å². The van der Waals surface area contributed by atoms with Crippen molar-refractivity contribution in [1.82, 2.24) is 4.57 Å². The Morgan fingerprint density at radius 1 is 1.14 bits per heavy atom. The highest BCUT2D eigenvalue weighted by Crippen LogP contribution is 2.31. The van der Waals surface area contributed by atoms with Gasteiger partial charge in [0.05, 0.1) is 48.3 Å². The van der Waals surface area contributed by atoms with Gasteiger partial charge in [0, 0.05) is 25.2 Å². The van der Waals surface area contributed by atoms with E-state index in [-0.39, 0.29) is 12.2 Å². The summed E-state index contributed by atoms with van der Waals surface area (Å²) in [6, 6.07) is 10.5. The van der Waals surface area contributed by atoms with Crippen molar-refractivity contribution < 1.29 is 23.4 Å². The quantitative estimate of drug-likeness (QED) is 0.440. The molecule has 1 atom stereocenters. The molecule has 3 aromatic rings. The van der Waals surface area contributed by atoms with Crippen LogP contribution in [-0.2, 0) is 14.3 Å². The van der Waals surface area contributed by atoms with E-state index in [0.29, 0.717) is 51.9 Å². The molecular formula is C27H29N3O6S. The van der Waals surface area contributed by atoms with E-state index < -0.39 is 12.0 Å². The second-order valence-electron chi connectivity index (χ2n) is 8.58. The van der Waals surface area contributed by atoms with E-state index in [0.717, 1.165) is 24.5 Å². The van der Waals surface area contributed by atoms with E-state index >= 15 is 0 Å². The molecule has 194 valence electrons. The van der Waals surface area contributed by atoms with Gasteiger partial charge in [-0.25, -0.2) is 9.79 Å². The monoisotopic (exact) mass is 523 g/mol. The summed E-state index contributed by atoms with van der Waals surface area (Å²) in [6.45, 7) is 9.03. The lowest BCUT2D eigenvalue weighted by Crippen LogP contribution is -2.39. The number of thiazole rings is 1. The van der Waals surface area contributed by atoms with Crippen molar-refractivity contribution >= 4 is 29.3 Å². The van der Waals surface area contributed by atoms with Crippen LogP contribution in [0.5, 0.6) is 5.75 Å². The van der Waals surface area contributed by atoms with Crippen LogP contribution in [-0.4, -0.2) is 50.1 Å². The van der Waals surface area contributed by atoms with Crippen molar-refractivity contribution in [3.05, 3.63) is 78.7 Å². The Labute approximate surface area is 217 Å². The number of carbonyl (C=O) groups is 1. The highest BCUT2D eigenvalue weighted by molar-refractivity contribution is 7.07. The number of hydrogen-bond acceptors (Lipinski definition) is 9. The average Bonchev–Trinajstić information content (AvgIpc) is 3.49. The topological polar surface area (TPSA) is 95.5 Å². The van der Waals surface area contributed by atoms with Gasteiger partial charge < -0.3 is 23.5 Å². The third-order valence-electron chi connectivity index (χ3n) is 6.23.